The smallest absolute Gasteiger partial charge is 0.123 e. The topological polar surface area (TPSA) is 21.3 Å². The van der Waals surface area contributed by atoms with Crippen LogP contribution in [0.4, 0.5) is 4.39 Å². The Morgan fingerprint density at radius 3 is 3.00 bits per heavy atom. The molecule has 1 aromatic carbocycles. The van der Waals surface area contributed by atoms with Crippen LogP contribution in [-0.2, 0) is 11.2 Å². The fourth-order valence-corrected chi connectivity index (χ4v) is 3.47. The van der Waals surface area contributed by atoms with E-state index in [2.05, 4.69) is 12.2 Å². The second-order valence-corrected chi connectivity index (χ2v) is 6.47. The predicted octanol–water partition coefficient (Wildman–Crippen LogP) is 3.18. The molecular weight excluding hydrogens is 273 g/mol. The van der Waals surface area contributed by atoms with Crippen LogP contribution in [0.1, 0.15) is 24.5 Å². The molecule has 112 valence electrons. The van der Waals surface area contributed by atoms with Gasteiger partial charge in [0.05, 0.1) is 12.7 Å². The van der Waals surface area contributed by atoms with E-state index in [0.717, 1.165) is 43.1 Å². The summed E-state index contributed by atoms with van der Waals surface area (Å²) in [6.45, 7) is 5.98. The first-order chi connectivity index (χ1) is 9.70. The summed E-state index contributed by atoms with van der Waals surface area (Å²) in [6, 6.07) is 5.38. The van der Waals surface area contributed by atoms with Gasteiger partial charge in [0.25, 0.3) is 0 Å². The third kappa shape index (κ3) is 4.47. The van der Waals surface area contributed by atoms with Gasteiger partial charge in [-0.1, -0.05) is 13.0 Å². The highest BCUT2D eigenvalue weighted by atomic mass is 32.2. The lowest BCUT2D eigenvalue weighted by atomic mass is 9.98. The Morgan fingerprint density at radius 2 is 2.35 bits per heavy atom. The molecular formula is C16H24FNOS. The standard InChI is InChI=1S/C16H24FNOS/c1-3-6-18-15(16-11-20-8-7-19-16)10-13-4-5-14(17)9-12(13)2/h4-5,9,15-16,18H,3,6-8,10-11H2,1-2H3. The summed E-state index contributed by atoms with van der Waals surface area (Å²) >= 11 is 1.96. The Hall–Kier alpha value is -0.580. The summed E-state index contributed by atoms with van der Waals surface area (Å²) in [5.41, 5.74) is 2.23. The second kappa shape index (κ2) is 8.01. The van der Waals surface area contributed by atoms with Crippen LogP contribution in [0, 0.1) is 12.7 Å². The number of aryl methyl sites for hydroxylation is 1. The molecule has 2 atom stereocenters. The fraction of sp³-hybridized carbons (Fsp3) is 0.625. The van der Waals surface area contributed by atoms with Gasteiger partial charge in [-0.25, -0.2) is 4.39 Å². The first-order valence-corrected chi connectivity index (χ1v) is 8.54. The summed E-state index contributed by atoms with van der Waals surface area (Å²) in [4.78, 5) is 0. The Morgan fingerprint density at radius 1 is 1.50 bits per heavy atom. The summed E-state index contributed by atoms with van der Waals surface area (Å²) in [7, 11) is 0. The molecule has 0 bridgehead atoms. The van der Waals surface area contributed by atoms with Crippen molar-refractivity contribution in [2.45, 2.75) is 38.8 Å². The van der Waals surface area contributed by atoms with Crippen LogP contribution in [0.3, 0.4) is 0 Å². The molecule has 2 nitrogen and oxygen atoms in total. The van der Waals surface area contributed by atoms with Gasteiger partial charge in [-0.15, -0.1) is 0 Å². The van der Waals surface area contributed by atoms with Crippen molar-refractivity contribution < 1.29 is 9.13 Å². The molecule has 1 N–H and O–H groups in total. The van der Waals surface area contributed by atoms with Crippen molar-refractivity contribution in [1.82, 2.24) is 5.32 Å². The minimum Gasteiger partial charge on any atom is -0.375 e. The van der Waals surface area contributed by atoms with Gasteiger partial charge in [-0.3, -0.25) is 0 Å². The zero-order chi connectivity index (χ0) is 14.4. The van der Waals surface area contributed by atoms with Crippen LogP contribution in [-0.4, -0.2) is 36.8 Å². The molecule has 1 aromatic rings. The second-order valence-electron chi connectivity index (χ2n) is 5.32. The number of nitrogens with one attached hydrogen (secondary N) is 1. The van der Waals surface area contributed by atoms with Gasteiger partial charge in [0, 0.05) is 17.5 Å². The maximum atomic E-state index is 13.2. The van der Waals surface area contributed by atoms with Crippen molar-refractivity contribution in [3.63, 3.8) is 0 Å². The van der Waals surface area contributed by atoms with E-state index >= 15 is 0 Å². The highest BCUT2D eigenvalue weighted by Crippen LogP contribution is 2.20. The number of hydrogen-bond acceptors (Lipinski definition) is 3. The summed E-state index contributed by atoms with van der Waals surface area (Å²) in [5, 5.41) is 3.60. The number of ether oxygens (including phenoxy) is 1. The van der Waals surface area contributed by atoms with Gasteiger partial charge in [-0.2, -0.15) is 11.8 Å². The third-order valence-corrected chi connectivity index (χ3v) is 4.71. The molecule has 2 unspecified atom stereocenters. The molecule has 20 heavy (non-hydrogen) atoms. The van der Waals surface area contributed by atoms with E-state index < -0.39 is 0 Å². The van der Waals surface area contributed by atoms with E-state index in [1.165, 1.54) is 5.56 Å². The first kappa shape index (κ1) is 15.8. The van der Waals surface area contributed by atoms with E-state index in [1.807, 2.05) is 24.8 Å². The Bertz CT molecular complexity index is 421. The zero-order valence-electron chi connectivity index (χ0n) is 12.3. The van der Waals surface area contributed by atoms with Crippen LogP contribution in [0.25, 0.3) is 0 Å². The lowest BCUT2D eigenvalue weighted by Crippen LogP contribution is -2.46. The van der Waals surface area contributed by atoms with Crippen molar-refractivity contribution in [2.75, 3.05) is 24.7 Å². The van der Waals surface area contributed by atoms with Crippen LogP contribution < -0.4 is 5.32 Å². The normalized spacial score (nSPS) is 20.9. The van der Waals surface area contributed by atoms with Gasteiger partial charge in [0.15, 0.2) is 0 Å². The van der Waals surface area contributed by atoms with Crippen LogP contribution >= 0.6 is 11.8 Å². The Labute approximate surface area is 125 Å². The molecule has 2 rings (SSSR count). The number of rotatable bonds is 6. The van der Waals surface area contributed by atoms with Gasteiger partial charge in [0.1, 0.15) is 5.82 Å². The minimum absolute atomic E-state index is 0.159. The van der Waals surface area contributed by atoms with Crippen molar-refractivity contribution in [3.8, 4) is 0 Å². The highest BCUT2D eigenvalue weighted by molar-refractivity contribution is 7.99. The molecule has 4 heteroatoms. The third-order valence-electron chi connectivity index (χ3n) is 3.69. The zero-order valence-corrected chi connectivity index (χ0v) is 13.1. The van der Waals surface area contributed by atoms with Crippen LogP contribution in [0.5, 0.6) is 0 Å². The summed E-state index contributed by atoms with van der Waals surface area (Å²) in [6.07, 6.45) is 2.26. The number of benzene rings is 1. The van der Waals surface area contributed by atoms with E-state index in [4.69, 9.17) is 4.74 Å². The van der Waals surface area contributed by atoms with Crippen LogP contribution in [0.2, 0.25) is 0 Å². The monoisotopic (exact) mass is 297 g/mol. The quantitative estimate of drug-likeness (QED) is 0.871. The largest absolute Gasteiger partial charge is 0.375 e. The molecule has 0 spiro atoms. The van der Waals surface area contributed by atoms with Gasteiger partial charge >= 0.3 is 0 Å². The maximum Gasteiger partial charge on any atom is 0.123 e. The first-order valence-electron chi connectivity index (χ1n) is 7.38. The lowest BCUT2D eigenvalue weighted by molar-refractivity contribution is 0.0471. The summed E-state index contributed by atoms with van der Waals surface area (Å²) in [5.74, 6) is 1.97. The molecule has 0 aromatic heterocycles. The molecule has 0 radical (unpaired) electrons. The minimum atomic E-state index is -0.159. The molecule has 1 saturated heterocycles. The molecule has 0 amide bonds. The molecule has 1 aliphatic rings. The highest BCUT2D eigenvalue weighted by Gasteiger charge is 2.25. The van der Waals surface area contributed by atoms with Gasteiger partial charge in [0.2, 0.25) is 0 Å². The fourth-order valence-electron chi connectivity index (χ4n) is 2.53. The van der Waals surface area contributed by atoms with E-state index in [9.17, 15) is 4.39 Å². The average Bonchev–Trinajstić information content (AvgIpc) is 2.46. The van der Waals surface area contributed by atoms with Gasteiger partial charge in [-0.05, 0) is 49.6 Å². The lowest BCUT2D eigenvalue weighted by Gasteiger charge is -2.31. The van der Waals surface area contributed by atoms with Crippen molar-refractivity contribution in [1.29, 1.82) is 0 Å². The van der Waals surface area contributed by atoms with E-state index in [0.29, 0.717) is 6.04 Å². The van der Waals surface area contributed by atoms with Crippen LogP contribution in [0.15, 0.2) is 18.2 Å². The maximum absolute atomic E-state index is 13.2. The van der Waals surface area contributed by atoms with Crippen molar-refractivity contribution >= 4 is 11.8 Å². The number of halogens is 1. The SMILES string of the molecule is CCCNC(Cc1ccc(F)cc1C)C1CSCCO1. The van der Waals surface area contributed by atoms with Gasteiger partial charge < -0.3 is 10.1 Å². The Kier molecular flexibility index (Phi) is 6.33. The van der Waals surface area contributed by atoms with Crippen molar-refractivity contribution in [2.24, 2.45) is 0 Å². The molecule has 0 saturated carbocycles. The van der Waals surface area contributed by atoms with Crippen molar-refractivity contribution in [3.05, 3.63) is 35.1 Å². The molecule has 1 heterocycles. The summed E-state index contributed by atoms with van der Waals surface area (Å²) < 4.78 is 19.1. The average molecular weight is 297 g/mol. The van der Waals surface area contributed by atoms with E-state index in [1.54, 1.807) is 12.1 Å². The number of hydrogen-bond donors (Lipinski definition) is 1. The molecule has 0 aliphatic carbocycles. The molecule has 1 aliphatic heterocycles. The van der Waals surface area contributed by atoms with E-state index in [-0.39, 0.29) is 11.9 Å². The molecule has 1 fully saturated rings. The Balaban J connectivity index is 2.05. The predicted molar refractivity (Wildman–Crippen MR) is 84.0 cm³/mol. The number of thioether (sulfide) groups is 1.